The van der Waals surface area contributed by atoms with E-state index in [1.165, 1.54) is 11.5 Å². The van der Waals surface area contributed by atoms with E-state index in [0.717, 1.165) is 17.3 Å². The Balaban J connectivity index is 1.92. The molecule has 0 bridgehead atoms. The molecule has 2 aromatic carbocycles. The number of fused-ring (bicyclic) bond motifs is 3. The second-order valence-corrected chi connectivity index (χ2v) is 7.89. The van der Waals surface area contributed by atoms with Gasteiger partial charge in [-0.15, -0.1) is 10.2 Å². The van der Waals surface area contributed by atoms with Gasteiger partial charge in [-0.1, -0.05) is 42.1 Å². The first-order valence-electron chi connectivity index (χ1n) is 9.41. The van der Waals surface area contributed by atoms with Gasteiger partial charge in [0.1, 0.15) is 11.6 Å². The van der Waals surface area contributed by atoms with Crippen LogP contribution in [0.1, 0.15) is 12.5 Å². The Bertz CT molecular complexity index is 1470. The number of ketones is 1. The van der Waals surface area contributed by atoms with Crippen molar-refractivity contribution in [3.63, 3.8) is 0 Å². The molecular formula is C22H18N6O2S. The number of rotatable bonds is 5. The number of hydrogen-bond acceptors (Lipinski definition) is 7. The molecule has 9 heteroatoms. The van der Waals surface area contributed by atoms with E-state index < -0.39 is 0 Å². The minimum Gasteiger partial charge on any atom is -0.401 e. The van der Waals surface area contributed by atoms with Gasteiger partial charge < -0.3 is 5.73 Å². The van der Waals surface area contributed by atoms with Crippen LogP contribution in [0.2, 0.25) is 0 Å². The highest BCUT2D eigenvalue weighted by molar-refractivity contribution is 7.99. The molecule has 0 spiro atoms. The number of thioether (sulfide) groups is 1. The summed E-state index contributed by atoms with van der Waals surface area (Å²) < 4.78 is 3.29. The average Bonchev–Trinajstić information content (AvgIpc) is 3.17. The summed E-state index contributed by atoms with van der Waals surface area (Å²) in [5.41, 5.74) is 7.80. The normalized spacial score (nSPS) is 12.0. The van der Waals surface area contributed by atoms with Crippen molar-refractivity contribution in [1.29, 1.82) is 5.26 Å². The van der Waals surface area contributed by atoms with E-state index in [1.807, 2.05) is 49.4 Å². The lowest BCUT2D eigenvalue weighted by Crippen LogP contribution is -2.22. The lowest BCUT2D eigenvalue weighted by molar-refractivity contribution is -0.112. The summed E-state index contributed by atoms with van der Waals surface area (Å²) in [4.78, 5) is 25.7. The fraction of sp³-hybridized carbons (Fsp3) is 0.136. The highest BCUT2D eigenvalue weighted by atomic mass is 32.2. The number of para-hydroxylation sites is 2. The van der Waals surface area contributed by atoms with Crippen molar-refractivity contribution in [3.8, 4) is 11.8 Å². The third kappa shape index (κ3) is 3.47. The zero-order valence-electron chi connectivity index (χ0n) is 16.9. The maximum Gasteiger partial charge on any atom is 0.267 e. The van der Waals surface area contributed by atoms with E-state index in [4.69, 9.17) is 11.0 Å². The smallest absolute Gasteiger partial charge is 0.267 e. The van der Waals surface area contributed by atoms with Gasteiger partial charge in [-0.3, -0.25) is 14.0 Å². The van der Waals surface area contributed by atoms with Gasteiger partial charge >= 0.3 is 0 Å². The standard InChI is InChI=1S/C22H18N6O2S/c1-13-7-3-5-9-17(13)27-20(30)15-8-4-6-10-18(15)28-21(27)25-26-22(28)31-12-19(29)16(11-23)14(2)24/h3-10H,12,24H2,1-2H3/b16-14+. The van der Waals surface area contributed by atoms with Gasteiger partial charge in [0.25, 0.3) is 5.56 Å². The summed E-state index contributed by atoms with van der Waals surface area (Å²) in [7, 11) is 0. The van der Waals surface area contributed by atoms with E-state index >= 15 is 0 Å². The molecule has 2 aromatic heterocycles. The molecule has 31 heavy (non-hydrogen) atoms. The van der Waals surface area contributed by atoms with Crippen LogP contribution in [0, 0.1) is 18.3 Å². The summed E-state index contributed by atoms with van der Waals surface area (Å²) in [5, 5.41) is 18.6. The molecule has 0 saturated carbocycles. The van der Waals surface area contributed by atoms with Crippen molar-refractivity contribution in [2.75, 3.05) is 5.75 Å². The van der Waals surface area contributed by atoms with Crippen molar-refractivity contribution in [2.45, 2.75) is 19.0 Å². The Kier molecular flexibility index (Phi) is 5.31. The zero-order valence-corrected chi connectivity index (χ0v) is 17.7. The van der Waals surface area contributed by atoms with Crippen LogP contribution < -0.4 is 11.3 Å². The van der Waals surface area contributed by atoms with Gasteiger partial charge in [-0.2, -0.15) is 5.26 Å². The van der Waals surface area contributed by atoms with E-state index in [9.17, 15) is 9.59 Å². The Hall–Kier alpha value is -3.90. The number of nitrogens with zero attached hydrogens (tertiary/aromatic N) is 5. The fourth-order valence-corrected chi connectivity index (χ4v) is 4.19. The largest absolute Gasteiger partial charge is 0.401 e. The summed E-state index contributed by atoms with van der Waals surface area (Å²) >= 11 is 1.14. The molecule has 2 heterocycles. The lowest BCUT2D eigenvalue weighted by atomic mass is 10.2. The summed E-state index contributed by atoms with van der Waals surface area (Å²) in [6.07, 6.45) is 0. The number of benzene rings is 2. The average molecular weight is 430 g/mol. The number of aromatic nitrogens is 4. The Labute approximate surface area is 181 Å². The van der Waals surface area contributed by atoms with E-state index in [-0.39, 0.29) is 28.4 Å². The van der Waals surface area contributed by atoms with Crippen LogP contribution in [0.3, 0.4) is 0 Å². The number of hydrogen-bond donors (Lipinski definition) is 1. The van der Waals surface area contributed by atoms with Crippen LogP contribution in [-0.4, -0.2) is 30.7 Å². The number of allylic oxidation sites excluding steroid dienone is 2. The van der Waals surface area contributed by atoms with Crippen LogP contribution in [0.4, 0.5) is 0 Å². The van der Waals surface area contributed by atoms with Crippen LogP contribution in [0.25, 0.3) is 22.4 Å². The molecule has 0 aliphatic carbocycles. The molecule has 0 saturated heterocycles. The predicted octanol–water partition coefficient (Wildman–Crippen LogP) is 2.76. The Morgan fingerprint density at radius 3 is 2.58 bits per heavy atom. The SMILES string of the molecule is C/C(N)=C(/C#N)C(=O)CSc1nnc2n(-c3ccccc3C)c(=O)c3ccccc3n12. The summed E-state index contributed by atoms with van der Waals surface area (Å²) in [6.45, 7) is 3.44. The molecule has 0 amide bonds. The van der Waals surface area contributed by atoms with Crippen LogP contribution in [0.15, 0.2) is 69.8 Å². The Morgan fingerprint density at radius 1 is 1.16 bits per heavy atom. The molecule has 8 nitrogen and oxygen atoms in total. The van der Waals surface area contributed by atoms with E-state index in [2.05, 4.69) is 10.2 Å². The molecule has 0 atom stereocenters. The maximum atomic E-state index is 13.3. The van der Waals surface area contributed by atoms with Crippen molar-refractivity contribution >= 4 is 34.2 Å². The van der Waals surface area contributed by atoms with Crippen LogP contribution >= 0.6 is 11.8 Å². The number of nitriles is 1. The van der Waals surface area contributed by atoms with Crippen molar-refractivity contribution < 1.29 is 4.79 Å². The van der Waals surface area contributed by atoms with E-state index in [0.29, 0.717) is 27.5 Å². The number of Topliss-reactive ketones (excluding diaryl/α,β-unsaturated/α-hetero) is 1. The molecular weight excluding hydrogens is 412 g/mol. The molecule has 0 unspecified atom stereocenters. The molecule has 0 radical (unpaired) electrons. The third-order valence-corrected chi connectivity index (χ3v) is 5.80. The number of aryl methyl sites for hydroxylation is 1. The highest BCUT2D eigenvalue weighted by Gasteiger charge is 2.20. The van der Waals surface area contributed by atoms with Crippen LogP contribution in [-0.2, 0) is 4.79 Å². The topological polar surface area (TPSA) is 119 Å². The summed E-state index contributed by atoms with van der Waals surface area (Å²) in [6, 6.07) is 16.6. The monoisotopic (exact) mass is 430 g/mol. The van der Waals surface area contributed by atoms with Crippen molar-refractivity contribution in [3.05, 3.63) is 75.7 Å². The van der Waals surface area contributed by atoms with E-state index in [1.54, 1.807) is 16.5 Å². The third-order valence-electron chi connectivity index (χ3n) is 4.87. The van der Waals surface area contributed by atoms with Crippen molar-refractivity contribution in [2.24, 2.45) is 5.73 Å². The van der Waals surface area contributed by atoms with Crippen molar-refractivity contribution in [1.82, 2.24) is 19.2 Å². The molecule has 0 aliphatic heterocycles. The minimum atomic E-state index is -0.388. The van der Waals surface area contributed by atoms with Gasteiger partial charge in [-0.05, 0) is 37.6 Å². The molecule has 4 aromatic rings. The highest BCUT2D eigenvalue weighted by Crippen LogP contribution is 2.24. The maximum absolute atomic E-state index is 13.3. The van der Waals surface area contributed by atoms with Crippen LogP contribution in [0.5, 0.6) is 0 Å². The van der Waals surface area contributed by atoms with Gasteiger partial charge in [0.05, 0.1) is 22.3 Å². The first-order chi connectivity index (χ1) is 14.9. The summed E-state index contributed by atoms with van der Waals surface area (Å²) in [5.74, 6) is -0.0736. The molecule has 0 aliphatic rings. The number of nitrogens with two attached hydrogens (primary N) is 1. The Morgan fingerprint density at radius 2 is 1.87 bits per heavy atom. The zero-order chi connectivity index (χ0) is 22.1. The second kappa shape index (κ2) is 8.08. The van der Waals surface area contributed by atoms with Gasteiger partial charge in [0, 0.05) is 5.70 Å². The first kappa shape index (κ1) is 20.4. The predicted molar refractivity (Wildman–Crippen MR) is 119 cm³/mol. The number of carbonyl (C=O) groups excluding carboxylic acids is 1. The fourth-order valence-electron chi connectivity index (χ4n) is 3.38. The molecule has 154 valence electrons. The minimum absolute atomic E-state index is 0.0317. The quantitative estimate of drug-likeness (QED) is 0.294. The van der Waals surface area contributed by atoms with Gasteiger partial charge in [0.2, 0.25) is 5.78 Å². The molecule has 2 N–H and O–H groups in total. The number of carbonyl (C=O) groups is 1. The van der Waals surface area contributed by atoms with Gasteiger partial charge in [-0.25, -0.2) is 4.57 Å². The molecule has 4 rings (SSSR count). The molecule has 0 fully saturated rings. The second-order valence-electron chi connectivity index (χ2n) is 6.94. The van der Waals surface area contributed by atoms with Gasteiger partial charge in [0.15, 0.2) is 10.9 Å². The first-order valence-corrected chi connectivity index (χ1v) is 10.4. The lowest BCUT2D eigenvalue weighted by Gasteiger charge is -2.13.